The summed E-state index contributed by atoms with van der Waals surface area (Å²) in [7, 11) is 0. The lowest BCUT2D eigenvalue weighted by molar-refractivity contribution is -0.136. The molecule has 10 heteroatoms. The molecule has 1 aromatic heterocycles. The maximum Gasteiger partial charge on any atom is 0.418 e. The van der Waals surface area contributed by atoms with Gasteiger partial charge in [-0.1, -0.05) is 0 Å². The number of ether oxygens (including phenoxy) is 1. The molecular weight excluding hydrogens is 447 g/mol. The normalized spacial score (nSPS) is 30.4. The molecule has 182 valence electrons. The number of fused-ring (bicyclic) bond motifs is 4. The number of hydrogen-bond acceptors (Lipinski definition) is 6. The van der Waals surface area contributed by atoms with Gasteiger partial charge in [-0.15, -0.1) is 0 Å². The monoisotopic (exact) mass is 475 g/mol. The van der Waals surface area contributed by atoms with Gasteiger partial charge in [-0.3, -0.25) is 14.8 Å². The van der Waals surface area contributed by atoms with Gasteiger partial charge in [-0.25, -0.2) is 0 Å². The van der Waals surface area contributed by atoms with Crippen molar-refractivity contribution in [3.8, 4) is 0 Å². The second kappa shape index (κ2) is 8.05. The fraction of sp³-hybridized carbons (Fsp3) is 0.625. The third-order valence-electron chi connectivity index (χ3n) is 8.01. The number of hydrogen-bond donors (Lipinski definition) is 2. The summed E-state index contributed by atoms with van der Waals surface area (Å²) in [6.45, 7) is 3.43. The van der Waals surface area contributed by atoms with Crippen LogP contribution in [0, 0.1) is 17.3 Å². The molecule has 4 fully saturated rings. The summed E-state index contributed by atoms with van der Waals surface area (Å²) in [4.78, 5) is 23.7. The van der Waals surface area contributed by atoms with Crippen molar-refractivity contribution < 1.29 is 22.7 Å². The van der Waals surface area contributed by atoms with Crippen LogP contribution in [0.15, 0.2) is 24.5 Å². The smallest absolute Gasteiger partial charge is 0.379 e. The summed E-state index contributed by atoms with van der Waals surface area (Å²) in [6.07, 6.45) is 1.86. The maximum atomic E-state index is 13.5. The first-order valence-electron chi connectivity index (χ1n) is 12.0. The maximum absolute atomic E-state index is 13.5. The fourth-order valence-corrected chi connectivity index (χ4v) is 6.10. The van der Waals surface area contributed by atoms with Crippen molar-refractivity contribution in [2.24, 2.45) is 17.3 Å². The Labute approximate surface area is 195 Å². The minimum Gasteiger partial charge on any atom is -0.379 e. The van der Waals surface area contributed by atoms with Gasteiger partial charge in [0.05, 0.1) is 30.4 Å². The van der Waals surface area contributed by atoms with E-state index >= 15 is 0 Å². The van der Waals surface area contributed by atoms with Gasteiger partial charge in [0.25, 0.3) is 0 Å². The highest BCUT2D eigenvalue weighted by atomic mass is 19.4. The lowest BCUT2D eigenvalue weighted by atomic mass is 9.90. The van der Waals surface area contributed by atoms with Crippen molar-refractivity contribution >= 4 is 22.6 Å². The second-order valence-electron chi connectivity index (χ2n) is 10.4. The summed E-state index contributed by atoms with van der Waals surface area (Å²) >= 11 is 0. The number of alkyl halides is 3. The molecule has 1 aliphatic carbocycles. The predicted octanol–water partition coefficient (Wildman–Crippen LogP) is 2.75. The average molecular weight is 476 g/mol. The van der Waals surface area contributed by atoms with Crippen LogP contribution >= 0.6 is 0 Å². The Morgan fingerprint density at radius 1 is 1.15 bits per heavy atom. The zero-order valence-corrected chi connectivity index (χ0v) is 18.8. The Morgan fingerprint density at radius 2 is 1.94 bits per heavy atom. The van der Waals surface area contributed by atoms with Gasteiger partial charge >= 0.3 is 6.18 Å². The van der Waals surface area contributed by atoms with Gasteiger partial charge in [0.15, 0.2) is 0 Å². The highest BCUT2D eigenvalue weighted by Crippen LogP contribution is 2.57. The summed E-state index contributed by atoms with van der Waals surface area (Å²) in [5.74, 6) is 0.270. The third kappa shape index (κ3) is 3.90. The highest BCUT2D eigenvalue weighted by molar-refractivity contribution is 5.92. The molecule has 2 N–H and O–H groups in total. The molecular formula is C24H28F3N5O2. The Bertz CT molecular complexity index is 1090. The van der Waals surface area contributed by atoms with Crippen molar-refractivity contribution in [3.05, 3.63) is 30.1 Å². The van der Waals surface area contributed by atoms with Gasteiger partial charge in [-0.2, -0.15) is 13.2 Å². The molecule has 1 amide bonds. The number of anilines is 1. The number of carbonyl (C=O) groups is 1. The molecule has 4 aliphatic rings. The largest absolute Gasteiger partial charge is 0.418 e. The van der Waals surface area contributed by atoms with Crippen molar-refractivity contribution in [1.29, 1.82) is 0 Å². The van der Waals surface area contributed by atoms with Gasteiger partial charge in [-0.05, 0) is 43.7 Å². The van der Waals surface area contributed by atoms with Crippen LogP contribution in [0.25, 0.3) is 11.0 Å². The number of carbonyl (C=O) groups excluding carboxylic acids is 1. The minimum atomic E-state index is -4.51. The number of halogens is 3. The Morgan fingerprint density at radius 3 is 2.71 bits per heavy atom. The lowest BCUT2D eigenvalue weighted by Crippen LogP contribution is -2.45. The van der Waals surface area contributed by atoms with Crippen molar-refractivity contribution in [2.75, 3.05) is 37.7 Å². The van der Waals surface area contributed by atoms with E-state index in [9.17, 15) is 18.0 Å². The zero-order valence-electron chi connectivity index (χ0n) is 18.8. The van der Waals surface area contributed by atoms with Gasteiger partial charge in [0.1, 0.15) is 11.0 Å². The van der Waals surface area contributed by atoms with Crippen LogP contribution in [0.5, 0.6) is 0 Å². The number of benzene rings is 1. The average Bonchev–Trinajstić information content (AvgIpc) is 3.53. The quantitative estimate of drug-likeness (QED) is 0.711. The van der Waals surface area contributed by atoms with Crippen molar-refractivity contribution in [3.63, 3.8) is 0 Å². The van der Waals surface area contributed by atoms with E-state index in [1.807, 2.05) is 4.90 Å². The fourth-order valence-electron chi connectivity index (χ4n) is 6.10. The van der Waals surface area contributed by atoms with Crippen LogP contribution in [-0.2, 0) is 15.7 Å². The van der Waals surface area contributed by atoms with E-state index in [0.29, 0.717) is 31.3 Å². The molecule has 1 aromatic carbocycles. The molecule has 1 saturated carbocycles. The predicted molar refractivity (Wildman–Crippen MR) is 119 cm³/mol. The first kappa shape index (κ1) is 22.0. The van der Waals surface area contributed by atoms with Crippen LogP contribution in [0.1, 0.15) is 31.2 Å². The molecule has 4 heterocycles. The van der Waals surface area contributed by atoms with E-state index in [0.717, 1.165) is 44.9 Å². The summed E-state index contributed by atoms with van der Waals surface area (Å²) in [6, 6.07) is 2.93. The molecule has 34 heavy (non-hydrogen) atoms. The molecule has 7 nitrogen and oxygen atoms in total. The molecule has 3 saturated heterocycles. The first-order chi connectivity index (χ1) is 16.3. The van der Waals surface area contributed by atoms with Crippen LogP contribution in [0.4, 0.5) is 18.9 Å². The molecule has 4 unspecified atom stereocenters. The van der Waals surface area contributed by atoms with E-state index in [1.54, 1.807) is 0 Å². The molecule has 6 rings (SSSR count). The first-order valence-corrected chi connectivity index (χ1v) is 12.0. The topological polar surface area (TPSA) is 79.4 Å². The number of nitrogens with one attached hydrogen (secondary N) is 2. The third-order valence-corrected chi connectivity index (χ3v) is 8.01. The van der Waals surface area contributed by atoms with E-state index in [2.05, 4.69) is 20.6 Å². The molecule has 4 atom stereocenters. The Balaban J connectivity index is 1.23. The van der Waals surface area contributed by atoms with Crippen molar-refractivity contribution in [2.45, 2.75) is 43.9 Å². The number of rotatable bonds is 3. The van der Waals surface area contributed by atoms with Gasteiger partial charge in [0.2, 0.25) is 5.91 Å². The van der Waals surface area contributed by atoms with Crippen LogP contribution in [-0.4, -0.2) is 60.8 Å². The summed E-state index contributed by atoms with van der Waals surface area (Å²) in [5, 5.41) is 6.85. The second-order valence-corrected chi connectivity index (χ2v) is 10.4. The number of amides is 1. The molecule has 2 bridgehead atoms. The van der Waals surface area contributed by atoms with E-state index in [-0.39, 0.29) is 40.4 Å². The minimum absolute atomic E-state index is 0.0631. The number of aromatic nitrogens is 2. The molecule has 2 aromatic rings. The molecule has 0 radical (unpaired) electrons. The number of nitrogens with zero attached hydrogens (tertiary/aromatic N) is 3. The Hall–Kier alpha value is -2.46. The standard InChI is InChI=1S/C24H28F3N5O2/c25-24(26,27)17-1-2-19(21-20(17)28-5-6-29-21)32-10-18(23(13-32)3-4-23)22(33)31-15-7-14-9-30-16(8-15)12-34-11-14/h1-2,5-6,14-16,18,30H,3-4,7-13H2,(H,31,33). The van der Waals surface area contributed by atoms with E-state index < -0.39 is 11.7 Å². The van der Waals surface area contributed by atoms with Crippen LogP contribution in [0.3, 0.4) is 0 Å². The summed E-state index contributed by atoms with van der Waals surface area (Å²) < 4.78 is 46.3. The van der Waals surface area contributed by atoms with E-state index in [1.165, 1.54) is 18.5 Å². The SMILES string of the molecule is O=C(NC1CC2CNC(COC2)C1)C1CN(c2ccc(C(F)(F)F)c3nccnc23)CC12CC2. The van der Waals surface area contributed by atoms with Gasteiger partial charge < -0.3 is 20.3 Å². The van der Waals surface area contributed by atoms with Gasteiger partial charge in [0, 0.05) is 49.5 Å². The zero-order chi connectivity index (χ0) is 23.5. The summed E-state index contributed by atoms with van der Waals surface area (Å²) in [5.41, 5.74) is -0.196. The molecule has 3 aliphatic heterocycles. The highest BCUT2D eigenvalue weighted by Gasteiger charge is 2.58. The molecule has 1 spiro atoms. The van der Waals surface area contributed by atoms with Crippen LogP contribution < -0.4 is 15.5 Å². The lowest BCUT2D eigenvalue weighted by Gasteiger charge is -2.27. The van der Waals surface area contributed by atoms with E-state index in [4.69, 9.17) is 4.74 Å². The van der Waals surface area contributed by atoms with Crippen LogP contribution in [0.2, 0.25) is 0 Å². The Kier molecular flexibility index (Phi) is 5.22. The van der Waals surface area contributed by atoms with Crippen molar-refractivity contribution in [1.82, 2.24) is 20.6 Å².